The van der Waals surface area contributed by atoms with E-state index in [0.717, 1.165) is 0 Å². The van der Waals surface area contributed by atoms with Crippen molar-refractivity contribution >= 4 is 5.91 Å². The summed E-state index contributed by atoms with van der Waals surface area (Å²) < 4.78 is 0.469. The van der Waals surface area contributed by atoms with Crippen LogP contribution in [0.3, 0.4) is 0 Å². The Hall–Kier alpha value is -0.870. The largest absolute Gasteiger partial charge is 0.385 e. The highest BCUT2D eigenvalue weighted by atomic mass is 16.3. The van der Waals surface area contributed by atoms with Gasteiger partial charge in [0.2, 0.25) is 5.91 Å². The van der Waals surface area contributed by atoms with Crippen LogP contribution < -0.4 is 5.32 Å². The van der Waals surface area contributed by atoms with Crippen LogP contribution in [-0.2, 0) is 4.79 Å². The number of amides is 1. The van der Waals surface area contributed by atoms with Crippen molar-refractivity contribution in [3.05, 3.63) is 12.7 Å². The number of aliphatic hydroxyl groups is 1. The van der Waals surface area contributed by atoms with Gasteiger partial charge in [-0.05, 0) is 13.0 Å². The maximum absolute atomic E-state index is 11.0. The molecule has 0 aromatic heterocycles. The van der Waals surface area contributed by atoms with Crippen LogP contribution in [-0.4, -0.2) is 48.9 Å². The molecule has 2 N–H and O–H groups in total. The highest BCUT2D eigenvalue weighted by Crippen LogP contribution is 2.04. The van der Waals surface area contributed by atoms with E-state index in [2.05, 4.69) is 11.9 Å². The molecule has 2 atom stereocenters. The first-order valence-corrected chi connectivity index (χ1v) is 4.21. The number of nitrogens with zero attached hydrogens (tertiary/aromatic N) is 1. The predicted octanol–water partition coefficient (Wildman–Crippen LogP) is -0.298. The van der Waals surface area contributed by atoms with E-state index >= 15 is 0 Å². The van der Waals surface area contributed by atoms with E-state index in [1.54, 1.807) is 6.92 Å². The molecular weight excluding hydrogens is 168 g/mol. The van der Waals surface area contributed by atoms with Crippen molar-refractivity contribution in [3.63, 3.8) is 0 Å². The second kappa shape index (κ2) is 4.39. The van der Waals surface area contributed by atoms with Crippen LogP contribution in [0.2, 0.25) is 0 Å². The van der Waals surface area contributed by atoms with E-state index in [4.69, 9.17) is 0 Å². The number of rotatable bonds is 4. The van der Waals surface area contributed by atoms with E-state index in [1.807, 2.05) is 21.1 Å². The fourth-order valence-electron chi connectivity index (χ4n) is 1.17. The molecule has 2 unspecified atom stereocenters. The number of nitrogens with one attached hydrogen (secondary N) is 1. The van der Waals surface area contributed by atoms with Gasteiger partial charge in [0.05, 0.1) is 21.1 Å². The van der Waals surface area contributed by atoms with Crippen LogP contribution in [0.1, 0.15) is 6.92 Å². The van der Waals surface area contributed by atoms with Crippen LogP contribution in [0.15, 0.2) is 12.7 Å². The summed E-state index contributed by atoms with van der Waals surface area (Å²) >= 11 is 0. The molecule has 0 aliphatic heterocycles. The lowest BCUT2D eigenvalue weighted by Crippen LogP contribution is -2.59. The van der Waals surface area contributed by atoms with Gasteiger partial charge in [-0.3, -0.25) is 4.79 Å². The smallest absolute Gasteiger partial charge is 0.247 e. The normalized spacial score (nSPS) is 16.1. The van der Waals surface area contributed by atoms with E-state index < -0.39 is 6.10 Å². The molecule has 0 aromatic carbocycles. The predicted molar refractivity (Wildman–Crippen MR) is 51.8 cm³/mol. The number of quaternary nitrogens is 1. The first kappa shape index (κ1) is 12.1. The zero-order valence-corrected chi connectivity index (χ0v) is 8.74. The fraction of sp³-hybridized carbons (Fsp3) is 0.667. The van der Waals surface area contributed by atoms with E-state index in [0.29, 0.717) is 4.48 Å². The summed E-state index contributed by atoms with van der Waals surface area (Å²) in [4.78, 5) is 11.0. The molecule has 0 spiro atoms. The van der Waals surface area contributed by atoms with Crippen LogP contribution in [0, 0.1) is 0 Å². The van der Waals surface area contributed by atoms with Gasteiger partial charge >= 0.3 is 0 Å². The summed E-state index contributed by atoms with van der Waals surface area (Å²) in [5.41, 5.74) is 0. The SMILES string of the molecule is C=CC(=O)NC(C(C)O)[N+](C)(C)C. The number of hydrogen-bond acceptors (Lipinski definition) is 2. The maximum Gasteiger partial charge on any atom is 0.247 e. The van der Waals surface area contributed by atoms with Gasteiger partial charge in [0.15, 0.2) is 6.17 Å². The molecule has 76 valence electrons. The molecule has 0 saturated heterocycles. The maximum atomic E-state index is 11.0. The summed E-state index contributed by atoms with van der Waals surface area (Å²) in [5.74, 6) is -0.265. The van der Waals surface area contributed by atoms with Crippen molar-refractivity contribution in [2.24, 2.45) is 0 Å². The molecule has 4 heteroatoms. The summed E-state index contributed by atoms with van der Waals surface area (Å²) in [5, 5.41) is 12.1. The second-order valence-electron chi connectivity index (χ2n) is 4.01. The zero-order valence-electron chi connectivity index (χ0n) is 8.74. The Labute approximate surface area is 79.4 Å². The first-order chi connectivity index (χ1) is 5.79. The fourth-order valence-corrected chi connectivity index (χ4v) is 1.17. The Bertz CT molecular complexity index is 194. The minimum absolute atomic E-state index is 0.265. The van der Waals surface area contributed by atoms with Crippen LogP contribution >= 0.6 is 0 Å². The van der Waals surface area contributed by atoms with Gasteiger partial charge in [-0.25, -0.2) is 0 Å². The van der Waals surface area contributed by atoms with E-state index in [1.165, 1.54) is 6.08 Å². The Kier molecular flexibility index (Phi) is 4.10. The molecular formula is C9H19N2O2+. The molecule has 1 amide bonds. The summed E-state index contributed by atoms with van der Waals surface area (Å²) in [6.07, 6.45) is 0.291. The van der Waals surface area contributed by atoms with Gasteiger partial charge in [-0.2, -0.15) is 0 Å². The van der Waals surface area contributed by atoms with Gasteiger partial charge in [-0.1, -0.05) is 6.58 Å². The molecule has 0 fully saturated rings. The molecule has 0 aliphatic carbocycles. The monoisotopic (exact) mass is 187 g/mol. The average Bonchev–Trinajstić information content (AvgIpc) is 1.96. The number of hydrogen-bond donors (Lipinski definition) is 2. The molecule has 0 radical (unpaired) electrons. The second-order valence-corrected chi connectivity index (χ2v) is 4.01. The summed E-state index contributed by atoms with van der Waals surface area (Å²) in [6, 6.07) is 0. The quantitative estimate of drug-likeness (QED) is 0.361. The van der Waals surface area contributed by atoms with Crippen LogP contribution in [0.5, 0.6) is 0 Å². The first-order valence-electron chi connectivity index (χ1n) is 4.21. The van der Waals surface area contributed by atoms with Gasteiger partial charge in [0, 0.05) is 0 Å². The van der Waals surface area contributed by atoms with Crippen molar-refractivity contribution in [3.8, 4) is 0 Å². The Morgan fingerprint density at radius 2 is 2.00 bits per heavy atom. The minimum Gasteiger partial charge on any atom is -0.385 e. The third-order valence-corrected chi connectivity index (χ3v) is 1.77. The highest BCUT2D eigenvalue weighted by molar-refractivity contribution is 5.86. The van der Waals surface area contributed by atoms with Gasteiger partial charge < -0.3 is 14.9 Å². The molecule has 0 saturated carbocycles. The number of carbonyl (C=O) groups is 1. The lowest BCUT2D eigenvalue weighted by Gasteiger charge is -2.35. The standard InChI is InChI=1S/C9H18N2O2/c1-6-8(13)10-9(7(2)12)11(3,4)5/h6-7,9,12H,1H2,2-5H3/p+1. The minimum atomic E-state index is -0.594. The third-order valence-electron chi connectivity index (χ3n) is 1.77. The molecule has 0 bridgehead atoms. The molecule has 4 nitrogen and oxygen atoms in total. The number of likely N-dealkylation sites (N-methyl/N-ethyl adjacent to an activating group) is 1. The number of carbonyl (C=O) groups excluding carboxylic acids is 1. The highest BCUT2D eigenvalue weighted by Gasteiger charge is 2.29. The van der Waals surface area contributed by atoms with Crippen molar-refractivity contribution in [2.75, 3.05) is 21.1 Å². The van der Waals surface area contributed by atoms with Gasteiger partial charge in [0.1, 0.15) is 6.10 Å². The molecule has 13 heavy (non-hydrogen) atoms. The summed E-state index contributed by atoms with van der Waals surface area (Å²) in [6.45, 7) is 5.00. The van der Waals surface area contributed by atoms with Crippen molar-refractivity contribution < 1.29 is 14.4 Å². The third kappa shape index (κ3) is 4.05. The molecule has 0 aromatic rings. The van der Waals surface area contributed by atoms with Gasteiger partial charge in [-0.15, -0.1) is 0 Å². The van der Waals surface area contributed by atoms with E-state index in [-0.39, 0.29) is 12.1 Å². The Balaban J connectivity index is 4.45. The van der Waals surface area contributed by atoms with Crippen LogP contribution in [0.25, 0.3) is 0 Å². The zero-order chi connectivity index (χ0) is 10.6. The Morgan fingerprint density at radius 1 is 1.54 bits per heavy atom. The molecule has 0 rings (SSSR count). The lowest BCUT2D eigenvalue weighted by molar-refractivity contribution is -0.902. The van der Waals surface area contributed by atoms with Gasteiger partial charge in [0.25, 0.3) is 0 Å². The molecule has 0 aliphatic rings. The number of aliphatic hydroxyl groups excluding tert-OH is 1. The lowest BCUT2D eigenvalue weighted by atomic mass is 10.2. The average molecular weight is 187 g/mol. The van der Waals surface area contributed by atoms with Crippen molar-refractivity contribution in [2.45, 2.75) is 19.2 Å². The van der Waals surface area contributed by atoms with Crippen molar-refractivity contribution in [1.29, 1.82) is 0 Å². The molecule has 0 heterocycles. The Morgan fingerprint density at radius 3 is 2.23 bits per heavy atom. The van der Waals surface area contributed by atoms with E-state index in [9.17, 15) is 9.90 Å². The topological polar surface area (TPSA) is 49.3 Å². The summed E-state index contributed by atoms with van der Waals surface area (Å²) in [7, 11) is 5.71. The van der Waals surface area contributed by atoms with Crippen LogP contribution in [0.4, 0.5) is 0 Å². The van der Waals surface area contributed by atoms with Crippen molar-refractivity contribution in [1.82, 2.24) is 5.32 Å².